The van der Waals surface area contributed by atoms with Gasteiger partial charge in [-0.05, 0) is 18.2 Å². The molecule has 0 bridgehead atoms. The van der Waals surface area contributed by atoms with E-state index in [-0.39, 0.29) is 5.97 Å². The van der Waals surface area contributed by atoms with Crippen LogP contribution in [0.4, 0.5) is 0 Å². The van der Waals surface area contributed by atoms with Crippen LogP contribution in [0.5, 0.6) is 5.75 Å². The van der Waals surface area contributed by atoms with Gasteiger partial charge in [0, 0.05) is 12.0 Å². The molecule has 0 heterocycles. The van der Waals surface area contributed by atoms with Gasteiger partial charge in [-0.2, -0.15) is 0 Å². The fourth-order valence-corrected chi connectivity index (χ4v) is 0.916. The van der Waals surface area contributed by atoms with E-state index < -0.39 is 5.91 Å². The second kappa shape index (κ2) is 4.41. The van der Waals surface area contributed by atoms with E-state index in [4.69, 9.17) is 10.5 Å². The van der Waals surface area contributed by atoms with Gasteiger partial charge in [0.15, 0.2) is 0 Å². The Kier molecular flexibility index (Phi) is 3.23. The highest BCUT2D eigenvalue weighted by Gasteiger charge is 2.04. The highest BCUT2D eigenvalue weighted by molar-refractivity contribution is 5.93. The lowest BCUT2D eigenvalue weighted by Crippen LogP contribution is -2.11. The van der Waals surface area contributed by atoms with E-state index in [1.54, 1.807) is 25.1 Å². The van der Waals surface area contributed by atoms with Crippen molar-refractivity contribution in [3.63, 3.8) is 0 Å². The topological polar surface area (TPSA) is 69.4 Å². The molecule has 0 spiro atoms. The molecule has 4 nitrogen and oxygen atoms in total. The van der Waals surface area contributed by atoms with Gasteiger partial charge in [-0.15, -0.1) is 0 Å². The van der Waals surface area contributed by atoms with Crippen LogP contribution in [0.3, 0.4) is 0 Å². The first-order chi connectivity index (χ1) is 6.63. The Morgan fingerprint density at radius 1 is 1.43 bits per heavy atom. The van der Waals surface area contributed by atoms with Gasteiger partial charge in [0.25, 0.3) is 0 Å². The van der Waals surface area contributed by atoms with Crippen molar-refractivity contribution in [1.29, 1.82) is 0 Å². The van der Waals surface area contributed by atoms with Gasteiger partial charge in [-0.1, -0.05) is 13.0 Å². The third-order valence-corrected chi connectivity index (χ3v) is 1.64. The van der Waals surface area contributed by atoms with Gasteiger partial charge in [0.05, 0.1) is 0 Å². The van der Waals surface area contributed by atoms with Crippen molar-refractivity contribution in [2.75, 3.05) is 0 Å². The van der Waals surface area contributed by atoms with Gasteiger partial charge in [0.1, 0.15) is 5.75 Å². The maximum absolute atomic E-state index is 10.9. The third-order valence-electron chi connectivity index (χ3n) is 1.64. The second-order valence-electron chi connectivity index (χ2n) is 2.72. The molecule has 0 unspecified atom stereocenters. The number of ether oxygens (including phenoxy) is 1. The zero-order chi connectivity index (χ0) is 10.6. The van der Waals surface area contributed by atoms with E-state index in [0.29, 0.717) is 17.7 Å². The average Bonchev–Trinajstić information content (AvgIpc) is 2.18. The number of carbonyl (C=O) groups excluding carboxylic acids is 2. The molecule has 1 aromatic rings. The molecule has 0 saturated carbocycles. The van der Waals surface area contributed by atoms with E-state index in [0.717, 1.165) is 0 Å². The maximum atomic E-state index is 10.9. The second-order valence-corrected chi connectivity index (χ2v) is 2.72. The highest BCUT2D eigenvalue weighted by Crippen LogP contribution is 2.13. The minimum absolute atomic E-state index is 0.292. The summed E-state index contributed by atoms with van der Waals surface area (Å²) in [5, 5.41) is 0. The lowest BCUT2D eigenvalue weighted by atomic mass is 10.2. The molecular formula is C10H11NO3. The van der Waals surface area contributed by atoms with Crippen LogP contribution >= 0.6 is 0 Å². The number of carbonyl (C=O) groups is 2. The van der Waals surface area contributed by atoms with E-state index in [1.807, 2.05) is 0 Å². The zero-order valence-electron chi connectivity index (χ0n) is 7.82. The van der Waals surface area contributed by atoms with Crippen LogP contribution in [0.25, 0.3) is 0 Å². The molecule has 74 valence electrons. The Morgan fingerprint density at radius 3 is 2.71 bits per heavy atom. The molecule has 0 aliphatic carbocycles. The van der Waals surface area contributed by atoms with Gasteiger partial charge in [-0.3, -0.25) is 9.59 Å². The summed E-state index contributed by atoms with van der Waals surface area (Å²) in [6.45, 7) is 1.69. The van der Waals surface area contributed by atoms with Gasteiger partial charge in [0.2, 0.25) is 5.91 Å². The van der Waals surface area contributed by atoms with Crippen LogP contribution in [0, 0.1) is 0 Å². The predicted molar refractivity (Wildman–Crippen MR) is 50.9 cm³/mol. The maximum Gasteiger partial charge on any atom is 0.310 e. The van der Waals surface area contributed by atoms with Crippen molar-refractivity contribution in [1.82, 2.24) is 0 Å². The number of hydrogen-bond acceptors (Lipinski definition) is 3. The van der Waals surface area contributed by atoms with E-state index in [2.05, 4.69) is 0 Å². The molecule has 2 N–H and O–H groups in total. The molecule has 0 aliphatic rings. The molecule has 1 aromatic carbocycles. The molecule has 0 fully saturated rings. The molecule has 14 heavy (non-hydrogen) atoms. The fourth-order valence-electron chi connectivity index (χ4n) is 0.916. The first-order valence-electron chi connectivity index (χ1n) is 4.24. The summed E-state index contributed by atoms with van der Waals surface area (Å²) in [7, 11) is 0. The van der Waals surface area contributed by atoms with Crippen molar-refractivity contribution < 1.29 is 14.3 Å². The molecule has 0 radical (unpaired) electrons. The molecule has 1 amide bonds. The van der Waals surface area contributed by atoms with Crippen molar-refractivity contribution in [2.45, 2.75) is 13.3 Å². The SMILES string of the molecule is CCC(=O)Oc1cccc(C(N)=O)c1. The summed E-state index contributed by atoms with van der Waals surface area (Å²) in [4.78, 5) is 21.7. The Labute approximate surface area is 81.7 Å². The molecule has 1 rings (SSSR count). The number of rotatable bonds is 3. The fraction of sp³-hybridized carbons (Fsp3) is 0.200. The molecule has 0 saturated heterocycles. The van der Waals surface area contributed by atoms with Crippen LogP contribution < -0.4 is 10.5 Å². The van der Waals surface area contributed by atoms with Crippen molar-refractivity contribution in [3.05, 3.63) is 29.8 Å². The standard InChI is InChI=1S/C10H11NO3/c1-2-9(12)14-8-5-3-4-7(6-8)10(11)13/h3-6H,2H2,1H3,(H2,11,13). The first kappa shape index (κ1) is 10.2. The van der Waals surface area contributed by atoms with E-state index >= 15 is 0 Å². The van der Waals surface area contributed by atoms with Crippen LogP contribution in [0.15, 0.2) is 24.3 Å². The number of esters is 1. The molecular weight excluding hydrogens is 182 g/mol. The number of primary amides is 1. The summed E-state index contributed by atoms with van der Waals surface area (Å²) in [6.07, 6.45) is 0.292. The first-order valence-corrected chi connectivity index (χ1v) is 4.24. The van der Waals surface area contributed by atoms with Gasteiger partial charge < -0.3 is 10.5 Å². The Morgan fingerprint density at radius 2 is 2.14 bits per heavy atom. The van der Waals surface area contributed by atoms with Gasteiger partial charge >= 0.3 is 5.97 Å². The number of nitrogens with two attached hydrogens (primary N) is 1. The molecule has 0 aliphatic heterocycles. The summed E-state index contributed by atoms with van der Waals surface area (Å²) < 4.78 is 4.91. The average molecular weight is 193 g/mol. The van der Waals surface area contributed by atoms with Gasteiger partial charge in [-0.25, -0.2) is 0 Å². The van der Waals surface area contributed by atoms with E-state index in [9.17, 15) is 9.59 Å². The number of hydrogen-bond donors (Lipinski definition) is 1. The number of amides is 1. The molecule has 4 heteroatoms. The Hall–Kier alpha value is -1.84. The minimum atomic E-state index is -0.542. The Balaban J connectivity index is 2.83. The quantitative estimate of drug-likeness (QED) is 0.577. The van der Waals surface area contributed by atoms with Crippen LogP contribution in [0.2, 0.25) is 0 Å². The smallest absolute Gasteiger partial charge is 0.310 e. The largest absolute Gasteiger partial charge is 0.427 e. The Bertz CT molecular complexity index is 360. The predicted octanol–water partition coefficient (Wildman–Crippen LogP) is 1.10. The summed E-state index contributed by atoms with van der Waals surface area (Å²) in [6, 6.07) is 6.21. The summed E-state index contributed by atoms with van der Waals surface area (Å²) in [5.41, 5.74) is 5.39. The third kappa shape index (κ3) is 2.58. The van der Waals surface area contributed by atoms with Crippen molar-refractivity contribution in [2.24, 2.45) is 5.73 Å². The lowest BCUT2D eigenvalue weighted by Gasteiger charge is -2.03. The summed E-state index contributed by atoms with van der Waals surface area (Å²) >= 11 is 0. The zero-order valence-corrected chi connectivity index (χ0v) is 7.82. The number of benzene rings is 1. The van der Waals surface area contributed by atoms with Crippen molar-refractivity contribution in [3.8, 4) is 5.75 Å². The molecule has 0 aromatic heterocycles. The normalized spacial score (nSPS) is 9.50. The van der Waals surface area contributed by atoms with Crippen LogP contribution in [0.1, 0.15) is 23.7 Å². The molecule has 0 atom stereocenters. The van der Waals surface area contributed by atoms with Crippen molar-refractivity contribution >= 4 is 11.9 Å². The van der Waals surface area contributed by atoms with E-state index in [1.165, 1.54) is 6.07 Å². The van der Waals surface area contributed by atoms with Crippen LogP contribution in [-0.4, -0.2) is 11.9 Å². The summed E-state index contributed by atoms with van der Waals surface area (Å²) in [5.74, 6) is -0.542. The minimum Gasteiger partial charge on any atom is -0.427 e. The highest BCUT2D eigenvalue weighted by atomic mass is 16.5. The monoisotopic (exact) mass is 193 g/mol. The lowest BCUT2D eigenvalue weighted by molar-refractivity contribution is -0.134. The van der Waals surface area contributed by atoms with Crippen LogP contribution in [-0.2, 0) is 4.79 Å².